The maximum absolute atomic E-state index is 11.2. The summed E-state index contributed by atoms with van der Waals surface area (Å²) in [5.41, 5.74) is 7.43. The van der Waals surface area contributed by atoms with E-state index < -0.39 is 17.9 Å². The normalized spacial score (nSPS) is 17.8. The van der Waals surface area contributed by atoms with Gasteiger partial charge >= 0.3 is 17.9 Å². The summed E-state index contributed by atoms with van der Waals surface area (Å²) in [5.74, 6) is -2.80. The predicted molar refractivity (Wildman–Crippen MR) is 119 cm³/mol. The van der Waals surface area contributed by atoms with Gasteiger partial charge in [0.25, 0.3) is 0 Å². The Morgan fingerprint density at radius 1 is 0.812 bits per heavy atom. The number of carboxylic acid groups (broad SMARTS) is 3. The SMILES string of the molecule is Nc1ccc(CC(CN2CCN(CC(=O)O)CCN(CC(=O)O)CC2)NCC(=O)O)cc1. The van der Waals surface area contributed by atoms with Crippen molar-refractivity contribution in [3.63, 3.8) is 0 Å². The number of carboxylic acids is 3. The standard InChI is InChI=1S/C21H33N5O6/c22-17-3-1-16(2-4-17)11-18(23-12-19(27)28)13-24-5-7-25(14-20(29)30)9-10-26(8-6-24)15-21(31)32/h1-4,18,23H,5-15,22H2,(H,27,28)(H,29,30)(H,31,32). The number of anilines is 1. The van der Waals surface area contributed by atoms with Gasteiger partial charge in [0.1, 0.15) is 0 Å². The second kappa shape index (κ2) is 13.0. The molecule has 11 nitrogen and oxygen atoms in total. The Morgan fingerprint density at radius 2 is 1.28 bits per heavy atom. The molecule has 1 aromatic carbocycles. The van der Waals surface area contributed by atoms with Crippen molar-refractivity contribution < 1.29 is 29.7 Å². The minimum atomic E-state index is -0.947. The van der Waals surface area contributed by atoms with E-state index in [1.54, 1.807) is 21.9 Å². The summed E-state index contributed by atoms with van der Waals surface area (Å²) < 4.78 is 0. The first-order chi connectivity index (χ1) is 15.2. The fraction of sp³-hybridized carbons (Fsp3) is 0.571. The molecular formula is C21H33N5O6. The van der Waals surface area contributed by atoms with Gasteiger partial charge in [0.15, 0.2) is 0 Å². The summed E-state index contributed by atoms with van der Waals surface area (Å²) in [5, 5.41) is 30.6. The molecule has 0 spiro atoms. The number of aliphatic carboxylic acids is 3. The smallest absolute Gasteiger partial charge is 0.317 e. The number of carbonyl (C=O) groups is 3. The van der Waals surface area contributed by atoms with Crippen molar-refractivity contribution in [2.45, 2.75) is 12.5 Å². The Morgan fingerprint density at radius 3 is 1.72 bits per heavy atom. The fourth-order valence-corrected chi connectivity index (χ4v) is 3.75. The van der Waals surface area contributed by atoms with E-state index in [0.29, 0.717) is 57.9 Å². The maximum atomic E-state index is 11.2. The van der Waals surface area contributed by atoms with Gasteiger partial charge < -0.3 is 26.4 Å². The number of rotatable bonds is 11. The molecule has 1 aromatic rings. The van der Waals surface area contributed by atoms with Crippen LogP contribution in [0.3, 0.4) is 0 Å². The molecule has 1 atom stereocenters. The second-order valence-corrected chi connectivity index (χ2v) is 8.06. The third-order valence-corrected chi connectivity index (χ3v) is 5.40. The van der Waals surface area contributed by atoms with Crippen molar-refractivity contribution in [1.29, 1.82) is 0 Å². The van der Waals surface area contributed by atoms with E-state index in [2.05, 4.69) is 10.2 Å². The lowest BCUT2D eigenvalue weighted by Gasteiger charge is -2.29. The predicted octanol–water partition coefficient (Wildman–Crippen LogP) is -1.06. The zero-order chi connectivity index (χ0) is 23.5. The van der Waals surface area contributed by atoms with Gasteiger partial charge in [0, 0.05) is 57.5 Å². The molecule has 178 valence electrons. The molecule has 1 unspecified atom stereocenters. The van der Waals surface area contributed by atoms with Crippen LogP contribution >= 0.6 is 0 Å². The molecule has 1 aliphatic heterocycles. The minimum absolute atomic E-state index is 0.110. The van der Waals surface area contributed by atoms with E-state index in [-0.39, 0.29) is 25.7 Å². The lowest BCUT2D eigenvalue weighted by Crippen LogP contribution is -2.47. The molecule has 32 heavy (non-hydrogen) atoms. The number of nitrogen functional groups attached to an aromatic ring is 1. The van der Waals surface area contributed by atoms with E-state index in [9.17, 15) is 24.6 Å². The summed E-state index contributed by atoms with van der Waals surface area (Å²) in [4.78, 5) is 39.3. The van der Waals surface area contributed by atoms with Gasteiger partial charge in [-0.25, -0.2) is 0 Å². The van der Waals surface area contributed by atoms with Crippen LogP contribution in [0.2, 0.25) is 0 Å². The van der Waals surface area contributed by atoms with E-state index in [1.807, 2.05) is 12.1 Å². The van der Waals surface area contributed by atoms with Gasteiger partial charge in [-0.2, -0.15) is 0 Å². The minimum Gasteiger partial charge on any atom is -0.480 e. The van der Waals surface area contributed by atoms with Crippen LogP contribution in [0.5, 0.6) is 0 Å². The Balaban J connectivity index is 2.10. The highest BCUT2D eigenvalue weighted by atomic mass is 16.4. The van der Waals surface area contributed by atoms with Gasteiger partial charge in [-0.05, 0) is 24.1 Å². The molecule has 0 aromatic heterocycles. The van der Waals surface area contributed by atoms with Crippen molar-refractivity contribution in [1.82, 2.24) is 20.0 Å². The van der Waals surface area contributed by atoms with E-state index in [0.717, 1.165) is 5.56 Å². The van der Waals surface area contributed by atoms with Gasteiger partial charge in [0.05, 0.1) is 19.6 Å². The van der Waals surface area contributed by atoms with Gasteiger partial charge in [-0.3, -0.25) is 29.1 Å². The first kappa shape index (κ1) is 25.5. The average molecular weight is 452 g/mol. The third-order valence-electron chi connectivity index (χ3n) is 5.40. The molecule has 1 saturated heterocycles. The fourth-order valence-electron chi connectivity index (χ4n) is 3.75. The largest absolute Gasteiger partial charge is 0.480 e. The van der Waals surface area contributed by atoms with E-state index in [1.165, 1.54) is 0 Å². The lowest BCUT2D eigenvalue weighted by molar-refractivity contribution is -0.140. The molecule has 0 aliphatic carbocycles. The van der Waals surface area contributed by atoms with Crippen molar-refractivity contribution >= 4 is 23.6 Å². The number of hydrogen-bond acceptors (Lipinski definition) is 8. The van der Waals surface area contributed by atoms with Crippen LogP contribution in [0, 0.1) is 0 Å². The summed E-state index contributed by atoms with van der Waals surface area (Å²) in [7, 11) is 0. The number of benzene rings is 1. The summed E-state index contributed by atoms with van der Waals surface area (Å²) >= 11 is 0. The monoisotopic (exact) mass is 451 g/mol. The highest BCUT2D eigenvalue weighted by Gasteiger charge is 2.22. The first-order valence-electron chi connectivity index (χ1n) is 10.6. The van der Waals surface area contributed by atoms with E-state index >= 15 is 0 Å². The van der Waals surface area contributed by atoms with Crippen molar-refractivity contribution in [3.05, 3.63) is 29.8 Å². The number of nitrogens with one attached hydrogen (secondary N) is 1. The molecule has 1 fully saturated rings. The highest BCUT2D eigenvalue weighted by Crippen LogP contribution is 2.10. The maximum Gasteiger partial charge on any atom is 0.317 e. The Bertz CT molecular complexity index is 732. The van der Waals surface area contributed by atoms with Crippen LogP contribution in [0.15, 0.2) is 24.3 Å². The van der Waals surface area contributed by atoms with Crippen LogP contribution in [0.4, 0.5) is 5.69 Å². The topological polar surface area (TPSA) is 160 Å². The van der Waals surface area contributed by atoms with Crippen molar-refractivity contribution in [3.8, 4) is 0 Å². The number of nitrogens with two attached hydrogens (primary N) is 1. The van der Waals surface area contributed by atoms with Crippen LogP contribution in [-0.2, 0) is 20.8 Å². The molecule has 1 heterocycles. The van der Waals surface area contributed by atoms with Gasteiger partial charge in [0.2, 0.25) is 0 Å². The van der Waals surface area contributed by atoms with Crippen molar-refractivity contribution in [2.75, 3.05) is 71.2 Å². The van der Waals surface area contributed by atoms with Gasteiger partial charge in [-0.1, -0.05) is 12.1 Å². The molecule has 1 aliphatic rings. The third kappa shape index (κ3) is 10.1. The molecule has 6 N–H and O–H groups in total. The molecule has 0 bridgehead atoms. The second-order valence-electron chi connectivity index (χ2n) is 8.06. The summed E-state index contributed by atoms with van der Waals surface area (Å²) in [6.07, 6.45) is 0.599. The molecule has 0 amide bonds. The quantitative estimate of drug-likeness (QED) is 0.261. The Kier molecular flexibility index (Phi) is 10.3. The Labute approximate surface area is 187 Å². The highest BCUT2D eigenvalue weighted by molar-refractivity contribution is 5.69. The van der Waals surface area contributed by atoms with Crippen LogP contribution in [0.25, 0.3) is 0 Å². The molecule has 0 saturated carbocycles. The number of nitrogens with zero attached hydrogens (tertiary/aromatic N) is 3. The van der Waals surface area contributed by atoms with Gasteiger partial charge in [-0.15, -0.1) is 0 Å². The molecule has 0 radical (unpaired) electrons. The lowest BCUT2D eigenvalue weighted by atomic mass is 10.0. The molecule has 2 rings (SSSR count). The summed E-state index contributed by atoms with van der Waals surface area (Å²) in [6.45, 7) is 3.34. The van der Waals surface area contributed by atoms with E-state index in [4.69, 9.17) is 10.8 Å². The average Bonchev–Trinajstić information content (AvgIpc) is 2.79. The summed E-state index contributed by atoms with van der Waals surface area (Å²) in [6, 6.07) is 7.27. The zero-order valence-corrected chi connectivity index (χ0v) is 18.2. The van der Waals surface area contributed by atoms with Crippen LogP contribution in [-0.4, -0.2) is 119 Å². The zero-order valence-electron chi connectivity index (χ0n) is 18.2. The number of hydrogen-bond donors (Lipinski definition) is 5. The molecule has 11 heteroatoms. The Hall–Kier alpha value is -2.73. The van der Waals surface area contributed by atoms with Crippen molar-refractivity contribution in [2.24, 2.45) is 0 Å². The van der Waals surface area contributed by atoms with Crippen LogP contribution < -0.4 is 11.1 Å². The van der Waals surface area contributed by atoms with Crippen LogP contribution in [0.1, 0.15) is 5.56 Å². The molecular weight excluding hydrogens is 418 g/mol. The first-order valence-corrected chi connectivity index (χ1v) is 10.6.